The van der Waals surface area contributed by atoms with Gasteiger partial charge in [0.25, 0.3) is 0 Å². The molecule has 1 unspecified atom stereocenters. The van der Waals surface area contributed by atoms with Gasteiger partial charge >= 0.3 is 0 Å². The average molecular weight is 348 g/mol. The van der Waals surface area contributed by atoms with Crippen molar-refractivity contribution in [2.75, 3.05) is 45.7 Å². The first-order valence-corrected chi connectivity index (χ1v) is 9.45. The lowest BCUT2D eigenvalue weighted by atomic mass is 10.1. The highest BCUT2D eigenvalue weighted by Crippen LogP contribution is 2.11. The number of benzene rings is 1. The largest absolute Gasteiger partial charge is 0.378 e. The first-order valence-electron chi connectivity index (χ1n) is 9.45. The summed E-state index contributed by atoms with van der Waals surface area (Å²) >= 11 is 0. The number of guanidine groups is 1. The molecule has 0 saturated heterocycles. The summed E-state index contributed by atoms with van der Waals surface area (Å²) in [6.07, 6.45) is 2.35. The molecule has 142 valence electrons. The topological polar surface area (TPSA) is 42.9 Å². The SMILES string of the molecule is CCN(CC)CCCC(C)NC(=NC)NCc1ccc(N(C)C)cc1. The Morgan fingerprint density at radius 3 is 2.28 bits per heavy atom. The molecule has 0 aliphatic carbocycles. The zero-order valence-corrected chi connectivity index (χ0v) is 17.0. The van der Waals surface area contributed by atoms with Crippen molar-refractivity contribution in [3.05, 3.63) is 29.8 Å². The van der Waals surface area contributed by atoms with E-state index in [0.29, 0.717) is 6.04 Å². The van der Waals surface area contributed by atoms with E-state index in [9.17, 15) is 0 Å². The maximum Gasteiger partial charge on any atom is 0.191 e. The van der Waals surface area contributed by atoms with E-state index in [1.54, 1.807) is 0 Å². The van der Waals surface area contributed by atoms with Crippen LogP contribution in [0.1, 0.15) is 39.2 Å². The number of rotatable bonds is 10. The fourth-order valence-corrected chi connectivity index (χ4v) is 2.76. The quantitative estimate of drug-likeness (QED) is 0.504. The van der Waals surface area contributed by atoms with E-state index in [4.69, 9.17) is 0 Å². The summed E-state index contributed by atoms with van der Waals surface area (Å²) in [5, 5.41) is 6.89. The van der Waals surface area contributed by atoms with Gasteiger partial charge in [0, 0.05) is 39.4 Å². The van der Waals surface area contributed by atoms with Crippen molar-refractivity contribution in [3.8, 4) is 0 Å². The van der Waals surface area contributed by atoms with Gasteiger partial charge in [0.2, 0.25) is 0 Å². The molecule has 0 heterocycles. The summed E-state index contributed by atoms with van der Waals surface area (Å²) in [6.45, 7) is 10.9. The minimum atomic E-state index is 0.415. The maximum absolute atomic E-state index is 4.34. The second-order valence-corrected chi connectivity index (χ2v) is 6.70. The molecule has 0 amide bonds. The van der Waals surface area contributed by atoms with Crippen LogP contribution in [0.2, 0.25) is 0 Å². The average Bonchev–Trinajstić information content (AvgIpc) is 2.62. The zero-order valence-electron chi connectivity index (χ0n) is 17.0. The number of hydrogen-bond donors (Lipinski definition) is 2. The molecule has 1 aromatic rings. The fourth-order valence-electron chi connectivity index (χ4n) is 2.76. The van der Waals surface area contributed by atoms with E-state index in [2.05, 4.69) is 84.6 Å². The highest BCUT2D eigenvalue weighted by atomic mass is 15.2. The smallest absolute Gasteiger partial charge is 0.191 e. The normalized spacial score (nSPS) is 13.0. The van der Waals surface area contributed by atoms with E-state index in [-0.39, 0.29) is 0 Å². The molecule has 1 atom stereocenters. The third kappa shape index (κ3) is 8.25. The van der Waals surface area contributed by atoms with Crippen LogP contribution in [0.25, 0.3) is 0 Å². The Balaban J connectivity index is 2.36. The molecule has 2 N–H and O–H groups in total. The Morgan fingerprint density at radius 2 is 1.76 bits per heavy atom. The Kier molecular flexibility index (Phi) is 10.0. The van der Waals surface area contributed by atoms with Crippen molar-refractivity contribution in [1.29, 1.82) is 0 Å². The lowest BCUT2D eigenvalue weighted by Crippen LogP contribution is -2.42. The van der Waals surface area contributed by atoms with E-state index in [1.165, 1.54) is 24.2 Å². The molecule has 0 aromatic heterocycles. The van der Waals surface area contributed by atoms with Crippen LogP contribution in [0.5, 0.6) is 0 Å². The first-order chi connectivity index (χ1) is 12.0. The Bertz CT molecular complexity index is 491. The number of nitrogens with zero attached hydrogens (tertiary/aromatic N) is 3. The second-order valence-electron chi connectivity index (χ2n) is 6.70. The van der Waals surface area contributed by atoms with E-state index < -0.39 is 0 Å². The van der Waals surface area contributed by atoms with E-state index in [0.717, 1.165) is 32.0 Å². The molecular formula is C20H37N5. The van der Waals surface area contributed by atoms with Crippen LogP contribution in [-0.4, -0.2) is 57.7 Å². The van der Waals surface area contributed by atoms with Gasteiger partial charge in [0.1, 0.15) is 0 Å². The van der Waals surface area contributed by atoms with Gasteiger partial charge in [-0.25, -0.2) is 0 Å². The molecule has 25 heavy (non-hydrogen) atoms. The number of anilines is 1. The van der Waals surface area contributed by atoms with Crippen LogP contribution < -0.4 is 15.5 Å². The Hall–Kier alpha value is -1.75. The van der Waals surface area contributed by atoms with Gasteiger partial charge in [-0.3, -0.25) is 4.99 Å². The van der Waals surface area contributed by atoms with Crippen LogP contribution in [0.15, 0.2) is 29.3 Å². The third-order valence-electron chi connectivity index (χ3n) is 4.53. The van der Waals surface area contributed by atoms with Crippen LogP contribution >= 0.6 is 0 Å². The molecule has 0 bridgehead atoms. The summed E-state index contributed by atoms with van der Waals surface area (Å²) < 4.78 is 0. The Labute approximate surface area is 154 Å². The third-order valence-corrected chi connectivity index (χ3v) is 4.53. The standard InChI is InChI=1S/C20H37N5/c1-7-25(8-2)15-9-10-17(3)23-20(21-4)22-16-18-11-13-19(14-12-18)24(5)6/h11-14,17H,7-10,15-16H2,1-6H3,(H2,21,22,23). The minimum absolute atomic E-state index is 0.415. The lowest BCUT2D eigenvalue weighted by molar-refractivity contribution is 0.292. The second kappa shape index (κ2) is 11.7. The van der Waals surface area contributed by atoms with Gasteiger partial charge in [-0.1, -0.05) is 26.0 Å². The monoisotopic (exact) mass is 347 g/mol. The molecule has 0 saturated carbocycles. The molecule has 0 radical (unpaired) electrons. The molecule has 1 rings (SSSR count). The van der Waals surface area contributed by atoms with Gasteiger partial charge in [0.05, 0.1) is 0 Å². The van der Waals surface area contributed by atoms with Crippen molar-refractivity contribution < 1.29 is 0 Å². The van der Waals surface area contributed by atoms with Gasteiger partial charge in [-0.15, -0.1) is 0 Å². The molecule has 0 aliphatic rings. The van der Waals surface area contributed by atoms with Crippen LogP contribution in [0.4, 0.5) is 5.69 Å². The molecular weight excluding hydrogens is 310 g/mol. The zero-order chi connectivity index (χ0) is 18.7. The highest BCUT2D eigenvalue weighted by molar-refractivity contribution is 5.79. The predicted molar refractivity (Wildman–Crippen MR) is 111 cm³/mol. The van der Waals surface area contributed by atoms with Crippen molar-refractivity contribution in [1.82, 2.24) is 15.5 Å². The van der Waals surface area contributed by atoms with Gasteiger partial charge < -0.3 is 20.4 Å². The van der Waals surface area contributed by atoms with Crippen molar-refractivity contribution >= 4 is 11.6 Å². The summed E-state index contributed by atoms with van der Waals surface area (Å²) in [5.41, 5.74) is 2.47. The van der Waals surface area contributed by atoms with Gasteiger partial charge in [0.15, 0.2) is 5.96 Å². The van der Waals surface area contributed by atoms with Crippen molar-refractivity contribution in [3.63, 3.8) is 0 Å². The molecule has 5 heteroatoms. The summed E-state index contributed by atoms with van der Waals surface area (Å²) in [6, 6.07) is 9.01. The van der Waals surface area contributed by atoms with Crippen molar-refractivity contribution in [2.24, 2.45) is 4.99 Å². The number of hydrogen-bond acceptors (Lipinski definition) is 3. The molecule has 5 nitrogen and oxygen atoms in total. The molecule has 0 spiro atoms. The lowest BCUT2D eigenvalue weighted by Gasteiger charge is -2.21. The summed E-state index contributed by atoms with van der Waals surface area (Å²) in [4.78, 5) is 8.92. The van der Waals surface area contributed by atoms with Crippen LogP contribution in [0.3, 0.4) is 0 Å². The molecule has 0 fully saturated rings. The van der Waals surface area contributed by atoms with E-state index in [1.807, 2.05) is 7.05 Å². The van der Waals surface area contributed by atoms with E-state index >= 15 is 0 Å². The summed E-state index contributed by atoms with van der Waals surface area (Å²) in [5.74, 6) is 0.868. The van der Waals surface area contributed by atoms with Crippen molar-refractivity contribution in [2.45, 2.75) is 46.2 Å². The summed E-state index contributed by atoms with van der Waals surface area (Å²) in [7, 11) is 5.94. The van der Waals surface area contributed by atoms with Gasteiger partial charge in [-0.2, -0.15) is 0 Å². The van der Waals surface area contributed by atoms with Crippen LogP contribution in [0, 0.1) is 0 Å². The predicted octanol–water partition coefficient (Wildman–Crippen LogP) is 2.93. The maximum atomic E-state index is 4.34. The number of nitrogens with one attached hydrogen (secondary N) is 2. The molecule has 1 aromatic carbocycles. The Morgan fingerprint density at radius 1 is 1.12 bits per heavy atom. The first kappa shape index (κ1) is 21.3. The van der Waals surface area contributed by atoms with Crippen LogP contribution in [-0.2, 0) is 6.54 Å². The highest BCUT2D eigenvalue weighted by Gasteiger charge is 2.06. The fraction of sp³-hybridized carbons (Fsp3) is 0.650. The number of aliphatic imine (C=N–C) groups is 1. The molecule has 0 aliphatic heterocycles. The minimum Gasteiger partial charge on any atom is -0.378 e. The van der Waals surface area contributed by atoms with Gasteiger partial charge in [-0.05, 0) is 57.1 Å².